The van der Waals surface area contributed by atoms with Crippen molar-refractivity contribution < 1.29 is 19.0 Å². The molecular weight excluding hydrogens is 248 g/mol. The Bertz CT molecular complexity index is 292. The molecule has 0 aromatic heterocycles. The minimum Gasteiger partial charge on any atom is -0.385 e. The maximum absolute atomic E-state index is 11.8. The fourth-order valence-corrected chi connectivity index (χ4v) is 2.64. The number of carbonyl (C=O) groups is 1. The molecule has 19 heavy (non-hydrogen) atoms. The normalized spacial score (nSPS) is 22.8. The molecule has 0 atom stereocenters. The van der Waals surface area contributed by atoms with Gasteiger partial charge in [0.25, 0.3) is 0 Å². The molecule has 1 spiro atoms. The van der Waals surface area contributed by atoms with E-state index in [1.54, 1.807) is 7.11 Å². The fraction of sp³-hybridized carbons (Fsp3) is 0.923. The maximum Gasteiger partial charge on any atom is 0.234 e. The predicted octanol–water partition coefficient (Wildman–Crippen LogP) is -0.0220. The first kappa shape index (κ1) is 14.7. The fourth-order valence-electron chi connectivity index (χ4n) is 2.64. The molecule has 1 N–H and O–H groups in total. The van der Waals surface area contributed by atoms with Gasteiger partial charge in [-0.15, -0.1) is 0 Å². The van der Waals surface area contributed by atoms with Crippen molar-refractivity contribution in [3.63, 3.8) is 0 Å². The zero-order valence-corrected chi connectivity index (χ0v) is 11.7. The van der Waals surface area contributed by atoms with Crippen LogP contribution in [0.1, 0.15) is 19.3 Å². The molecule has 2 rings (SSSR count). The Morgan fingerprint density at radius 3 is 2.95 bits per heavy atom. The third-order valence-electron chi connectivity index (χ3n) is 3.52. The summed E-state index contributed by atoms with van der Waals surface area (Å²) in [5.41, 5.74) is 0. The van der Waals surface area contributed by atoms with Gasteiger partial charge in [0.15, 0.2) is 5.79 Å². The number of methoxy groups -OCH3 is 1. The summed E-state index contributed by atoms with van der Waals surface area (Å²) < 4.78 is 16.3. The maximum atomic E-state index is 11.8. The van der Waals surface area contributed by atoms with Crippen LogP contribution in [0.15, 0.2) is 0 Å². The van der Waals surface area contributed by atoms with Gasteiger partial charge in [0.1, 0.15) is 0 Å². The van der Waals surface area contributed by atoms with Crippen molar-refractivity contribution in [2.75, 3.05) is 53.1 Å². The minimum absolute atomic E-state index is 0.0613. The van der Waals surface area contributed by atoms with E-state index in [2.05, 4.69) is 10.2 Å². The summed E-state index contributed by atoms with van der Waals surface area (Å²) >= 11 is 0. The van der Waals surface area contributed by atoms with E-state index < -0.39 is 5.79 Å². The second-order valence-electron chi connectivity index (χ2n) is 5.12. The predicted molar refractivity (Wildman–Crippen MR) is 69.8 cm³/mol. The van der Waals surface area contributed by atoms with Gasteiger partial charge in [0, 0.05) is 26.7 Å². The van der Waals surface area contributed by atoms with Gasteiger partial charge in [-0.05, 0) is 19.4 Å². The lowest BCUT2D eigenvalue weighted by atomic mass is 10.0. The Kier molecular flexibility index (Phi) is 5.57. The molecule has 110 valence electrons. The van der Waals surface area contributed by atoms with Crippen LogP contribution in [0.3, 0.4) is 0 Å². The monoisotopic (exact) mass is 272 g/mol. The summed E-state index contributed by atoms with van der Waals surface area (Å²) in [7, 11) is 1.66. The van der Waals surface area contributed by atoms with Crippen molar-refractivity contribution in [2.45, 2.75) is 25.0 Å². The van der Waals surface area contributed by atoms with E-state index in [-0.39, 0.29) is 5.91 Å². The highest BCUT2D eigenvalue weighted by molar-refractivity contribution is 5.77. The quantitative estimate of drug-likeness (QED) is 0.689. The van der Waals surface area contributed by atoms with Crippen molar-refractivity contribution >= 4 is 5.91 Å². The third kappa shape index (κ3) is 4.42. The molecule has 0 radical (unpaired) electrons. The highest BCUT2D eigenvalue weighted by atomic mass is 16.7. The number of amides is 1. The van der Waals surface area contributed by atoms with E-state index in [0.29, 0.717) is 39.5 Å². The van der Waals surface area contributed by atoms with Crippen LogP contribution in [0, 0.1) is 0 Å². The van der Waals surface area contributed by atoms with Crippen molar-refractivity contribution in [3.8, 4) is 0 Å². The largest absolute Gasteiger partial charge is 0.385 e. The SMILES string of the molecule is COCCCNC(=O)CN1CCCC2(C1)OCCO2. The van der Waals surface area contributed by atoms with Gasteiger partial charge in [0.2, 0.25) is 5.91 Å². The zero-order chi connectivity index (χ0) is 13.6. The molecule has 1 amide bonds. The van der Waals surface area contributed by atoms with Gasteiger partial charge in [-0.3, -0.25) is 9.69 Å². The summed E-state index contributed by atoms with van der Waals surface area (Å²) in [6.07, 6.45) is 2.79. The molecule has 0 aromatic rings. The molecule has 6 heteroatoms. The molecule has 0 saturated carbocycles. The van der Waals surface area contributed by atoms with E-state index in [4.69, 9.17) is 14.2 Å². The second-order valence-corrected chi connectivity index (χ2v) is 5.12. The summed E-state index contributed by atoms with van der Waals surface area (Å²) in [5.74, 6) is -0.389. The number of nitrogens with one attached hydrogen (secondary N) is 1. The van der Waals surface area contributed by atoms with Gasteiger partial charge < -0.3 is 19.5 Å². The lowest BCUT2D eigenvalue weighted by molar-refractivity contribution is -0.189. The van der Waals surface area contributed by atoms with Gasteiger partial charge in [-0.1, -0.05) is 0 Å². The van der Waals surface area contributed by atoms with E-state index in [1.165, 1.54) is 0 Å². The smallest absolute Gasteiger partial charge is 0.234 e. The molecule has 2 saturated heterocycles. The molecule has 0 bridgehead atoms. The summed E-state index contributed by atoms with van der Waals surface area (Å²) in [6, 6.07) is 0. The molecule has 2 aliphatic rings. The Balaban J connectivity index is 1.68. The Hall–Kier alpha value is -0.690. The lowest BCUT2D eigenvalue weighted by Crippen LogP contribution is -2.51. The van der Waals surface area contributed by atoms with Crippen molar-refractivity contribution in [2.24, 2.45) is 0 Å². The number of hydrogen-bond donors (Lipinski definition) is 1. The van der Waals surface area contributed by atoms with Crippen LogP contribution in [0.2, 0.25) is 0 Å². The Morgan fingerprint density at radius 2 is 2.21 bits per heavy atom. The summed E-state index contributed by atoms with van der Waals surface area (Å²) in [4.78, 5) is 13.9. The van der Waals surface area contributed by atoms with E-state index in [9.17, 15) is 4.79 Å². The first-order chi connectivity index (χ1) is 9.24. The average Bonchev–Trinajstić information content (AvgIpc) is 2.83. The van der Waals surface area contributed by atoms with Crippen LogP contribution in [-0.2, 0) is 19.0 Å². The topological polar surface area (TPSA) is 60.0 Å². The highest BCUT2D eigenvalue weighted by Gasteiger charge is 2.40. The molecular formula is C13H24N2O4. The minimum atomic E-state index is -0.450. The third-order valence-corrected chi connectivity index (χ3v) is 3.52. The number of ether oxygens (including phenoxy) is 3. The van der Waals surface area contributed by atoms with Crippen LogP contribution < -0.4 is 5.32 Å². The van der Waals surface area contributed by atoms with Gasteiger partial charge >= 0.3 is 0 Å². The number of nitrogens with zero attached hydrogens (tertiary/aromatic N) is 1. The summed E-state index contributed by atoms with van der Waals surface area (Å²) in [6.45, 7) is 4.71. The van der Waals surface area contributed by atoms with E-state index in [1.807, 2.05) is 0 Å². The second kappa shape index (κ2) is 7.19. The zero-order valence-electron chi connectivity index (χ0n) is 11.7. The molecule has 0 unspecified atom stereocenters. The van der Waals surface area contributed by atoms with Crippen molar-refractivity contribution in [1.29, 1.82) is 0 Å². The summed E-state index contributed by atoms with van der Waals surface area (Å²) in [5, 5.41) is 2.90. The number of piperidine rings is 1. The molecule has 0 aliphatic carbocycles. The number of likely N-dealkylation sites (tertiary alicyclic amines) is 1. The van der Waals surface area contributed by atoms with Crippen LogP contribution in [-0.4, -0.2) is 69.7 Å². The van der Waals surface area contributed by atoms with Gasteiger partial charge in [-0.25, -0.2) is 0 Å². The Labute approximate surface area is 114 Å². The molecule has 2 aliphatic heterocycles. The van der Waals surface area contributed by atoms with Crippen LogP contribution in [0.25, 0.3) is 0 Å². The van der Waals surface area contributed by atoms with Crippen LogP contribution >= 0.6 is 0 Å². The molecule has 2 fully saturated rings. The number of hydrogen-bond acceptors (Lipinski definition) is 5. The van der Waals surface area contributed by atoms with Crippen LogP contribution in [0.4, 0.5) is 0 Å². The molecule has 0 aromatic carbocycles. The number of carbonyl (C=O) groups excluding carboxylic acids is 1. The average molecular weight is 272 g/mol. The van der Waals surface area contributed by atoms with Crippen LogP contribution in [0.5, 0.6) is 0 Å². The Morgan fingerprint density at radius 1 is 1.42 bits per heavy atom. The van der Waals surface area contributed by atoms with Crippen molar-refractivity contribution in [3.05, 3.63) is 0 Å². The standard InChI is InChI=1S/C13H24N2O4/c1-17-7-3-5-14-12(16)10-15-6-2-4-13(11-15)18-8-9-19-13/h2-11H2,1H3,(H,14,16). The van der Waals surface area contributed by atoms with Gasteiger partial charge in [-0.2, -0.15) is 0 Å². The van der Waals surface area contributed by atoms with E-state index in [0.717, 1.165) is 25.8 Å². The first-order valence-electron chi connectivity index (χ1n) is 7.00. The molecule has 6 nitrogen and oxygen atoms in total. The van der Waals surface area contributed by atoms with Crippen molar-refractivity contribution in [1.82, 2.24) is 10.2 Å². The highest BCUT2D eigenvalue weighted by Crippen LogP contribution is 2.29. The lowest BCUT2D eigenvalue weighted by Gasteiger charge is -2.38. The molecule has 2 heterocycles. The van der Waals surface area contributed by atoms with Gasteiger partial charge in [0.05, 0.1) is 26.3 Å². The first-order valence-corrected chi connectivity index (χ1v) is 7.00. The van der Waals surface area contributed by atoms with E-state index >= 15 is 0 Å². The number of rotatable bonds is 6.